The Morgan fingerprint density at radius 3 is 3.04 bits per heavy atom. The number of hydrogen-bond acceptors (Lipinski definition) is 5. The molecule has 1 fully saturated rings. The first-order chi connectivity index (χ1) is 11.3. The van der Waals surface area contributed by atoms with Crippen molar-refractivity contribution in [3.63, 3.8) is 0 Å². The van der Waals surface area contributed by atoms with E-state index in [0.29, 0.717) is 0 Å². The molecule has 23 heavy (non-hydrogen) atoms. The van der Waals surface area contributed by atoms with Gasteiger partial charge in [-0.2, -0.15) is 5.10 Å². The first kappa shape index (κ1) is 14.9. The summed E-state index contributed by atoms with van der Waals surface area (Å²) in [6.07, 6.45) is 8.03. The predicted octanol–water partition coefficient (Wildman–Crippen LogP) is 2.34. The maximum atomic E-state index is 5.18. The van der Waals surface area contributed by atoms with Gasteiger partial charge in [-0.1, -0.05) is 0 Å². The Morgan fingerprint density at radius 2 is 2.30 bits per heavy atom. The molecule has 0 radical (unpaired) electrons. The molecule has 0 amide bonds. The van der Waals surface area contributed by atoms with Gasteiger partial charge in [-0.05, 0) is 25.2 Å². The molecule has 0 N–H and O–H groups in total. The summed E-state index contributed by atoms with van der Waals surface area (Å²) >= 11 is 0. The molecule has 0 atom stereocenters. The van der Waals surface area contributed by atoms with Crippen LogP contribution in [0.5, 0.6) is 0 Å². The molecule has 6 nitrogen and oxygen atoms in total. The fourth-order valence-corrected chi connectivity index (χ4v) is 3.45. The Bertz CT molecular complexity index is 646. The fourth-order valence-electron chi connectivity index (χ4n) is 3.45. The Morgan fingerprint density at radius 1 is 1.39 bits per heavy atom. The highest BCUT2D eigenvalue weighted by Crippen LogP contribution is 2.34. The van der Waals surface area contributed by atoms with Crippen LogP contribution in [0.25, 0.3) is 11.4 Å². The van der Waals surface area contributed by atoms with E-state index >= 15 is 0 Å². The highest BCUT2D eigenvalue weighted by atomic mass is 16.5. The quantitative estimate of drug-likeness (QED) is 0.734. The summed E-state index contributed by atoms with van der Waals surface area (Å²) in [6, 6.07) is 0. The Labute approximate surface area is 136 Å². The van der Waals surface area contributed by atoms with E-state index in [1.807, 2.05) is 0 Å². The molecule has 1 saturated carbocycles. The molecule has 1 aliphatic heterocycles. The van der Waals surface area contributed by atoms with Crippen molar-refractivity contribution < 1.29 is 9.15 Å². The number of hydrogen-bond donors (Lipinski definition) is 0. The van der Waals surface area contributed by atoms with Crippen molar-refractivity contribution in [3.05, 3.63) is 23.9 Å². The maximum absolute atomic E-state index is 5.18. The normalized spacial score (nSPS) is 18.3. The number of nitrogens with zero attached hydrogens (tertiary/aromatic N) is 4. The van der Waals surface area contributed by atoms with E-state index in [4.69, 9.17) is 14.3 Å². The van der Waals surface area contributed by atoms with Crippen LogP contribution >= 0.6 is 0 Å². The minimum atomic E-state index is 0.766. The average Bonchev–Trinajstić information content (AvgIpc) is 3.09. The Hall–Kier alpha value is -1.66. The van der Waals surface area contributed by atoms with Crippen molar-refractivity contribution in [2.45, 2.75) is 38.8 Å². The van der Waals surface area contributed by atoms with Gasteiger partial charge < -0.3 is 9.15 Å². The third-order valence-corrected chi connectivity index (χ3v) is 4.82. The van der Waals surface area contributed by atoms with Gasteiger partial charge in [0.2, 0.25) is 0 Å². The van der Waals surface area contributed by atoms with Crippen molar-refractivity contribution >= 4 is 0 Å². The zero-order chi connectivity index (χ0) is 15.6. The lowest BCUT2D eigenvalue weighted by Gasteiger charge is -2.27. The molecule has 2 aromatic heterocycles. The van der Waals surface area contributed by atoms with Gasteiger partial charge >= 0.3 is 0 Å². The molecule has 0 aromatic carbocycles. The molecular weight excluding hydrogens is 292 g/mol. The van der Waals surface area contributed by atoms with Crippen molar-refractivity contribution in [2.75, 3.05) is 26.8 Å². The summed E-state index contributed by atoms with van der Waals surface area (Å²) in [4.78, 5) is 6.89. The monoisotopic (exact) mass is 316 g/mol. The van der Waals surface area contributed by atoms with Crippen molar-refractivity contribution in [1.82, 2.24) is 19.7 Å². The van der Waals surface area contributed by atoms with Gasteiger partial charge in [0.1, 0.15) is 17.7 Å². The van der Waals surface area contributed by atoms with E-state index in [2.05, 4.69) is 14.6 Å². The van der Waals surface area contributed by atoms with Gasteiger partial charge in [0.15, 0.2) is 6.39 Å². The molecule has 0 bridgehead atoms. The van der Waals surface area contributed by atoms with Crippen LogP contribution in [0.2, 0.25) is 0 Å². The van der Waals surface area contributed by atoms with Gasteiger partial charge in [0, 0.05) is 57.6 Å². The smallest absolute Gasteiger partial charge is 0.181 e. The second-order valence-corrected chi connectivity index (χ2v) is 6.65. The number of rotatable bonds is 7. The topological polar surface area (TPSA) is 56.3 Å². The summed E-state index contributed by atoms with van der Waals surface area (Å²) in [7, 11) is 1.75. The lowest BCUT2D eigenvalue weighted by atomic mass is 10.0. The highest BCUT2D eigenvalue weighted by molar-refractivity contribution is 5.59. The van der Waals surface area contributed by atoms with Gasteiger partial charge in [0.25, 0.3) is 0 Å². The lowest BCUT2D eigenvalue weighted by Crippen LogP contribution is -2.33. The molecule has 1 aliphatic carbocycles. The minimum absolute atomic E-state index is 0.766. The van der Waals surface area contributed by atoms with E-state index in [1.54, 1.807) is 13.4 Å². The van der Waals surface area contributed by atoms with E-state index in [0.717, 1.165) is 56.4 Å². The second kappa shape index (κ2) is 6.45. The van der Waals surface area contributed by atoms with E-state index in [-0.39, 0.29) is 0 Å². The van der Waals surface area contributed by atoms with Crippen LogP contribution in [0, 0.1) is 5.92 Å². The third-order valence-electron chi connectivity index (χ3n) is 4.82. The zero-order valence-electron chi connectivity index (χ0n) is 13.7. The first-order valence-corrected chi connectivity index (χ1v) is 8.53. The van der Waals surface area contributed by atoms with Crippen LogP contribution < -0.4 is 0 Å². The second-order valence-electron chi connectivity index (χ2n) is 6.65. The summed E-state index contributed by atoms with van der Waals surface area (Å²) in [5.74, 6) is 0.920. The van der Waals surface area contributed by atoms with Gasteiger partial charge in [-0.25, -0.2) is 4.98 Å². The van der Waals surface area contributed by atoms with Crippen molar-refractivity contribution in [3.8, 4) is 11.4 Å². The first-order valence-electron chi connectivity index (χ1n) is 8.53. The molecule has 0 spiro atoms. The van der Waals surface area contributed by atoms with Crippen LogP contribution in [-0.4, -0.2) is 46.5 Å². The molecule has 4 rings (SSSR count). The van der Waals surface area contributed by atoms with Gasteiger partial charge in [-0.15, -0.1) is 0 Å². The molecular formula is C17H24N4O2. The number of oxazole rings is 1. The van der Waals surface area contributed by atoms with Crippen LogP contribution in [0.1, 0.15) is 30.5 Å². The minimum Gasteiger partial charge on any atom is -0.451 e. The largest absolute Gasteiger partial charge is 0.451 e. The molecule has 2 aliphatic rings. The predicted molar refractivity (Wildman–Crippen MR) is 85.9 cm³/mol. The number of methoxy groups -OCH3 is 1. The molecule has 124 valence electrons. The summed E-state index contributed by atoms with van der Waals surface area (Å²) in [5.41, 5.74) is 4.54. The van der Waals surface area contributed by atoms with Gasteiger partial charge in [-0.3, -0.25) is 9.58 Å². The standard InChI is InChI=1S/C17H24N4O2/c1-22-8-2-6-21-16-5-7-20(9-13-3-4-13)10-14(16)17(19-21)15-11-23-12-18-15/h11-13H,2-10H2,1H3. The number of aryl methyl sites for hydroxylation is 1. The summed E-state index contributed by atoms with van der Waals surface area (Å²) in [5, 5.41) is 4.85. The van der Waals surface area contributed by atoms with Crippen LogP contribution in [0.15, 0.2) is 17.1 Å². The fraction of sp³-hybridized carbons (Fsp3) is 0.647. The number of aromatic nitrogens is 3. The number of ether oxygens (including phenoxy) is 1. The molecule has 2 aromatic rings. The van der Waals surface area contributed by atoms with Gasteiger partial charge in [0.05, 0.1) is 0 Å². The van der Waals surface area contributed by atoms with Crippen molar-refractivity contribution in [2.24, 2.45) is 5.92 Å². The van der Waals surface area contributed by atoms with E-state index in [9.17, 15) is 0 Å². The zero-order valence-corrected chi connectivity index (χ0v) is 13.7. The SMILES string of the molecule is COCCCn1nc(-c2cocn2)c2c1CCN(CC1CC1)C2. The molecule has 0 saturated heterocycles. The van der Waals surface area contributed by atoms with Crippen LogP contribution in [-0.2, 0) is 24.2 Å². The lowest BCUT2D eigenvalue weighted by molar-refractivity contribution is 0.188. The molecule has 0 unspecified atom stereocenters. The molecule has 3 heterocycles. The maximum Gasteiger partial charge on any atom is 0.181 e. The Kier molecular flexibility index (Phi) is 4.18. The average molecular weight is 316 g/mol. The molecule has 6 heteroatoms. The van der Waals surface area contributed by atoms with Crippen LogP contribution in [0.4, 0.5) is 0 Å². The summed E-state index contributed by atoms with van der Waals surface area (Å²) < 4.78 is 12.5. The third kappa shape index (κ3) is 3.19. The highest BCUT2D eigenvalue weighted by Gasteiger charge is 2.30. The summed E-state index contributed by atoms with van der Waals surface area (Å²) in [6.45, 7) is 5.01. The van der Waals surface area contributed by atoms with E-state index in [1.165, 1.54) is 37.0 Å². The van der Waals surface area contributed by atoms with Crippen LogP contribution in [0.3, 0.4) is 0 Å². The number of fused-ring (bicyclic) bond motifs is 1. The Balaban J connectivity index is 1.60. The van der Waals surface area contributed by atoms with Crippen molar-refractivity contribution in [1.29, 1.82) is 0 Å². The van der Waals surface area contributed by atoms with E-state index < -0.39 is 0 Å².